The zero-order chi connectivity index (χ0) is 15.5. The SMILES string of the molecule is CCCCCC(CCCCC)N[C@H](C)c1cccc(Cl)c1. The molecule has 0 aliphatic carbocycles. The Morgan fingerprint density at radius 2 is 1.62 bits per heavy atom. The van der Waals surface area contributed by atoms with E-state index in [-0.39, 0.29) is 0 Å². The predicted octanol–water partition coefficient (Wildman–Crippen LogP) is 6.52. The Morgan fingerprint density at radius 1 is 1.00 bits per heavy atom. The van der Waals surface area contributed by atoms with Crippen molar-refractivity contribution in [2.75, 3.05) is 0 Å². The summed E-state index contributed by atoms with van der Waals surface area (Å²) in [5.41, 5.74) is 1.29. The molecule has 1 atom stereocenters. The monoisotopic (exact) mass is 309 g/mol. The van der Waals surface area contributed by atoms with Gasteiger partial charge in [0, 0.05) is 17.1 Å². The Kier molecular flexibility index (Phi) is 9.78. The molecule has 0 radical (unpaired) electrons. The second kappa shape index (κ2) is 11.1. The molecule has 0 spiro atoms. The Balaban J connectivity index is 2.52. The number of halogens is 1. The summed E-state index contributed by atoms with van der Waals surface area (Å²) in [4.78, 5) is 0. The highest BCUT2D eigenvalue weighted by molar-refractivity contribution is 6.30. The molecule has 0 saturated heterocycles. The summed E-state index contributed by atoms with van der Waals surface area (Å²) >= 11 is 6.10. The maximum atomic E-state index is 6.10. The standard InChI is InChI=1S/C19H32ClN/c1-4-6-8-13-19(14-9-7-5-2)21-16(3)17-11-10-12-18(20)15-17/h10-12,15-16,19,21H,4-9,13-14H2,1-3H3/t16-/m1/s1. The topological polar surface area (TPSA) is 12.0 Å². The van der Waals surface area contributed by atoms with E-state index in [1.54, 1.807) is 0 Å². The molecule has 0 saturated carbocycles. The van der Waals surface area contributed by atoms with Crippen LogP contribution in [-0.2, 0) is 0 Å². The quantitative estimate of drug-likeness (QED) is 0.459. The molecule has 1 rings (SSSR count). The van der Waals surface area contributed by atoms with Crippen molar-refractivity contribution in [2.24, 2.45) is 0 Å². The van der Waals surface area contributed by atoms with Crippen LogP contribution in [0, 0.1) is 0 Å². The lowest BCUT2D eigenvalue weighted by atomic mass is 9.99. The van der Waals surface area contributed by atoms with Crippen LogP contribution in [-0.4, -0.2) is 6.04 Å². The summed E-state index contributed by atoms with van der Waals surface area (Å²) in [7, 11) is 0. The van der Waals surface area contributed by atoms with Crippen molar-refractivity contribution < 1.29 is 0 Å². The lowest BCUT2D eigenvalue weighted by Gasteiger charge is -2.24. The second-order valence-electron chi connectivity index (χ2n) is 6.13. The van der Waals surface area contributed by atoms with Gasteiger partial charge >= 0.3 is 0 Å². The van der Waals surface area contributed by atoms with Crippen LogP contribution in [0.25, 0.3) is 0 Å². The van der Waals surface area contributed by atoms with Gasteiger partial charge in [0.25, 0.3) is 0 Å². The third kappa shape index (κ3) is 7.87. The van der Waals surface area contributed by atoms with E-state index < -0.39 is 0 Å². The maximum absolute atomic E-state index is 6.10. The minimum absolute atomic E-state index is 0.372. The smallest absolute Gasteiger partial charge is 0.0409 e. The first-order chi connectivity index (χ1) is 10.2. The van der Waals surface area contributed by atoms with Crippen molar-refractivity contribution in [2.45, 2.75) is 84.2 Å². The summed E-state index contributed by atoms with van der Waals surface area (Å²) in [6.07, 6.45) is 10.5. The number of hydrogen-bond donors (Lipinski definition) is 1. The average molecular weight is 310 g/mol. The Morgan fingerprint density at radius 3 is 2.14 bits per heavy atom. The molecule has 1 aromatic rings. The van der Waals surface area contributed by atoms with Crippen LogP contribution < -0.4 is 5.32 Å². The van der Waals surface area contributed by atoms with E-state index in [1.807, 2.05) is 12.1 Å². The van der Waals surface area contributed by atoms with Gasteiger partial charge in [0.05, 0.1) is 0 Å². The molecule has 0 unspecified atom stereocenters. The van der Waals surface area contributed by atoms with Crippen LogP contribution in [0.15, 0.2) is 24.3 Å². The molecule has 1 nitrogen and oxygen atoms in total. The van der Waals surface area contributed by atoms with E-state index in [2.05, 4.69) is 38.2 Å². The van der Waals surface area contributed by atoms with Crippen LogP contribution in [0.1, 0.15) is 83.7 Å². The minimum atomic E-state index is 0.372. The molecular formula is C19H32ClN. The minimum Gasteiger partial charge on any atom is -0.307 e. The summed E-state index contributed by atoms with van der Waals surface area (Å²) in [5.74, 6) is 0. The molecule has 0 fully saturated rings. The van der Waals surface area contributed by atoms with Crippen molar-refractivity contribution in [1.29, 1.82) is 0 Å². The fourth-order valence-corrected chi connectivity index (χ4v) is 3.02. The number of hydrogen-bond acceptors (Lipinski definition) is 1. The van der Waals surface area contributed by atoms with E-state index in [0.29, 0.717) is 12.1 Å². The molecule has 0 aliphatic rings. The van der Waals surface area contributed by atoms with E-state index in [0.717, 1.165) is 5.02 Å². The van der Waals surface area contributed by atoms with Crippen LogP contribution in [0.2, 0.25) is 5.02 Å². The predicted molar refractivity (Wildman–Crippen MR) is 95.1 cm³/mol. The van der Waals surface area contributed by atoms with Crippen LogP contribution in [0.5, 0.6) is 0 Å². The normalized spacial score (nSPS) is 12.8. The molecule has 21 heavy (non-hydrogen) atoms. The van der Waals surface area contributed by atoms with Gasteiger partial charge in [0.15, 0.2) is 0 Å². The molecule has 0 heterocycles. The first kappa shape index (κ1) is 18.5. The van der Waals surface area contributed by atoms with Crippen molar-refractivity contribution in [3.05, 3.63) is 34.9 Å². The molecule has 0 aromatic heterocycles. The van der Waals surface area contributed by atoms with Crippen molar-refractivity contribution in [1.82, 2.24) is 5.32 Å². The largest absolute Gasteiger partial charge is 0.307 e. The fourth-order valence-electron chi connectivity index (χ4n) is 2.82. The molecule has 1 N–H and O–H groups in total. The number of rotatable bonds is 11. The van der Waals surface area contributed by atoms with E-state index >= 15 is 0 Å². The zero-order valence-corrected chi connectivity index (χ0v) is 14.8. The highest BCUT2D eigenvalue weighted by atomic mass is 35.5. The van der Waals surface area contributed by atoms with Gasteiger partial charge < -0.3 is 5.32 Å². The third-order valence-electron chi connectivity index (χ3n) is 4.15. The number of nitrogens with one attached hydrogen (secondary N) is 1. The third-order valence-corrected chi connectivity index (χ3v) is 4.38. The van der Waals surface area contributed by atoms with Gasteiger partial charge in [-0.1, -0.05) is 76.1 Å². The van der Waals surface area contributed by atoms with E-state index in [1.165, 1.54) is 56.9 Å². The lowest BCUT2D eigenvalue weighted by Crippen LogP contribution is -2.31. The van der Waals surface area contributed by atoms with Gasteiger partial charge in [-0.2, -0.15) is 0 Å². The Labute approximate surface area is 136 Å². The number of benzene rings is 1. The zero-order valence-electron chi connectivity index (χ0n) is 14.0. The molecule has 0 bridgehead atoms. The number of unbranched alkanes of at least 4 members (excludes halogenated alkanes) is 4. The molecule has 0 amide bonds. The lowest BCUT2D eigenvalue weighted by molar-refractivity contribution is 0.384. The van der Waals surface area contributed by atoms with Crippen LogP contribution >= 0.6 is 11.6 Å². The fraction of sp³-hybridized carbons (Fsp3) is 0.684. The summed E-state index contributed by atoms with van der Waals surface area (Å²) in [6, 6.07) is 9.23. The van der Waals surface area contributed by atoms with Crippen molar-refractivity contribution >= 4 is 11.6 Å². The van der Waals surface area contributed by atoms with Crippen molar-refractivity contribution in [3.8, 4) is 0 Å². The first-order valence-corrected chi connectivity index (χ1v) is 9.06. The van der Waals surface area contributed by atoms with E-state index in [4.69, 9.17) is 11.6 Å². The molecule has 0 aliphatic heterocycles. The van der Waals surface area contributed by atoms with Crippen molar-refractivity contribution in [3.63, 3.8) is 0 Å². The highest BCUT2D eigenvalue weighted by Gasteiger charge is 2.13. The first-order valence-electron chi connectivity index (χ1n) is 8.68. The van der Waals surface area contributed by atoms with E-state index in [9.17, 15) is 0 Å². The van der Waals surface area contributed by atoms with Gasteiger partial charge in [-0.15, -0.1) is 0 Å². The van der Waals surface area contributed by atoms with Gasteiger partial charge in [0.1, 0.15) is 0 Å². The highest BCUT2D eigenvalue weighted by Crippen LogP contribution is 2.20. The molecule has 1 aromatic carbocycles. The van der Waals surface area contributed by atoms with Gasteiger partial charge in [-0.3, -0.25) is 0 Å². The summed E-state index contributed by atoms with van der Waals surface area (Å²) in [6.45, 7) is 6.79. The average Bonchev–Trinajstić information content (AvgIpc) is 2.47. The summed E-state index contributed by atoms with van der Waals surface area (Å²) < 4.78 is 0. The second-order valence-corrected chi connectivity index (χ2v) is 6.57. The molecule has 120 valence electrons. The van der Waals surface area contributed by atoms with Gasteiger partial charge in [0.2, 0.25) is 0 Å². The maximum Gasteiger partial charge on any atom is 0.0409 e. The molecular weight excluding hydrogens is 278 g/mol. The Hall–Kier alpha value is -0.530. The molecule has 2 heteroatoms. The van der Waals surface area contributed by atoms with Crippen LogP contribution in [0.3, 0.4) is 0 Å². The van der Waals surface area contributed by atoms with Crippen LogP contribution in [0.4, 0.5) is 0 Å². The van der Waals surface area contributed by atoms with Gasteiger partial charge in [-0.25, -0.2) is 0 Å². The van der Waals surface area contributed by atoms with Gasteiger partial charge in [-0.05, 0) is 37.5 Å². The summed E-state index contributed by atoms with van der Waals surface area (Å²) in [5, 5.41) is 4.65. The Bertz CT molecular complexity index is 368.